The summed E-state index contributed by atoms with van der Waals surface area (Å²) >= 11 is 0. The van der Waals surface area contributed by atoms with Gasteiger partial charge in [0.1, 0.15) is 11.4 Å². The lowest BCUT2D eigenvalue weighted by molar-refractivity contribution is 0.415. The SMILES string of the molecule is CCn1cc2c3ccc(OC)cc3nc-2c2cc(F)c(N3CCNCC3)nc21. The van der Waals surface area contributed by atoms with Gasteiger partial charge in [0.15, 0.2) is 11.6 Å². The molecule has 28 heavy (non-hydrogen) atoms. The summed E-state index contributed by atoms with van der Waals surface area (Å²) in [6.45, 7) is 5.99. The van der Waals surface area contributed by atoms with E-state index in [1.165, 1.54) is 0 Å². The molecule has 5 rings (SSSR count). The van der Waals surface area contributed by atoms with Gasteiger partial charge in [-0.15, -0.1) is 0 Å². The van der Waals surface area contributed by atoms with Crippen LogP contribution in [0.5, 0.6) is 5.75 Å². The fourth-order valence-corrected chi connectivity index (χ4v) is 4.02. The number of methoxy groups -OCH3 is 1. The van der Waals surface area contributed by atoms with Crippen LogP contribution in [0.25, 0.3) is 33.2 Å². The van der Waals surface area contributed by atoms with E-state index >= 15 is 4.39 Å². The van der Waals surface area contributed by atoms with Gasteiger partial charge in [0.2, 0.25) is 0 Å². The summed E-state index contributed by atoms with van der Waals surface area (Å²) in [7, 11) is 1.64. The lowest BCUT2D eigenvalue weighted by atomic mass is 10.1. The molecular weight excluding hydrogens is 357 g/mol. The summed E-state index contributed by atoms with van der Waals surface area (Å²) in [6.07, 6.45) is 2.08. The molecule has 0 bridgehead atoms. The Balaban J connectivity index is 1.78. The number of pyridine rings is 2. The Labute approximate surface area is 162 Å². The molecule has 1 saturated heterocycles. The predicted octanol–water partition coefficient (Wildman–Crippen LogP) is 3.27. The van der Waals surface area contributed by atoms with Gasteiger partial charge in [0.05, 0.1) is 18.3 Å². The summed E-state index contributed by atoms with van der Waals surface area (Å²) < 4.78 is 22.5. The van der Waals surface area contributed by atoms with Crippen molar-refractivity contribution in [2.75, 3.05) is 38.2 Å². The van der Waals surface area contributed by atoms with E-state index < -0.39 is 0 Å². The summed E-state index contributed by atoms with van der Waals surface area (Å²) in [5, 5.41) is 5.07. The number of fused-ring (bicyclic) bond motifs is 5. The second-order valence-corrected chi connectivity index (χ2v) is 7.07. The van der Waals surface area contributed by atoms with Gasteiger partial charge < -0.3 is 19.5 Å². The van der Waals surface area contributed by atoms with Crippen LogP contribution in [0.4, 0.5) is 10.2 Å². The summed E-state index contributed by atoms with van der Waals surface area (Å²) in [5.74, 6) is 0.885. The van der Waals surface area contributed by atoms with Crippen molar-refractivity contribution in [3.63, 3.8) is 0 Å². The number of halogens is 1. The maximum atomic E-state index is 15.1. The molecule has 0 amide bonds. The third-order valence-electron chi connectivity index (χ3n) is 5.49. The average molecular weight is 379 g/mol. The number of nitrogens with zero attached hydrogens (tertiary/aromatic N) is 4. The molecule has 1 fully saturated rings. The van der Waals surface area contributed by atoms with Crippen molar-refractivity contribution in [3.05, 3.63) is 36.3 Å². The van der Waals surface area contributed by atoms with Crippen molar-refractivity contribution in [2.24, 2.45) is 0 Å². The molecular formula is C21H22FN5O. The number of piperazine rings is 1. The number of rotatable bonds is 3. The van der Waals surface area contributed by atoms with Gasteiger partial charge >= 0.3 is 0 Å². The minimum absolute atomic E-state index is 0.297. The molecule has 1 aromatic heterocycles. The van der Waals surface area contributed by atoms with E-state index in [9.17, 15) is 0 Å². The monoisotopic (exact) mass is 379 g/mol. The largest absolute Gasteiger partial charge is 0.497 e. The van der Waals surface area contributed by atoms with Gasteiger partial charge in [0.25, 0.3) is 0 Å². The predicted molar refractivity (Wildman–Crippen MR) is 109 cm³/mol. The lowest BCUT2D eigenvalue weighted by Crippen LogP contribution is -2.44. The molecule has 4 heterocycles. The number of nitrogens with one attached hydrogen (secondary N) is 1. The Bertz CT molecular complexity index is 1150. The first-order valence-electron chi connectivity index (χ1n) is 9.62. The maximum absolute atomic E-state index is 15.1. The van der Waals surface area contributed by atoms with E-state index in [0.717, 1.165) is 71.7 Å². The van der Waals surface area contributed by atoms with Gasteiger partial charge in [0, 0.05) is 61.3 Å². The first kappa shape index (κ1) is 17.2. The van der Waals surface area contributed by atoms with Crippen molar-refractivity contribution in [1.29, 1.82) is 0 Å². The van der Waals surface area contributed by atoms with Crippen LogP contribution in [-0.4, -0.2) is 47.8 Å². The third kappa shape index (κ3) is 2.57. The first-order valence-corrected chi connectivity index (χ1v) is 9.62. The minimum Gasteiger partial charge on any atom is -0.497 e. The molecule has 144 valence electrons. The Morgan fingerprint density at radius 3 is 2.71 bits per heavy atom. The molecule has 3 aliphatic heterocycles. The molecule has 3 aliphatic rings. The van der Waals surface area contributed by atoms with E-state index in [-0.39, 0.29) is 5.82 Å². The van der Waals surface area contributed by atoms with Crippen LogP contribution in [0.15, 0.2) is 30.5 Å². The first-order chi connectivity index (χ1) is 13.7. The van der Waals surface area contributed by atoms with Crippen LogP contribution in [0.2, 0.25) is 0 Å². The molecule has 0 saturated carbocycles. The van der Waals surface area contributed by atoms with E-state index in [1.54, 1.807) is 13.2 Å². The van der Waals surface area contributed by atoms with Gasteiger partial charge in [-0.2, -0.15) is 0 Å². The normalized spacial score (nSPS) is 15.0. The highest BCUT2D eigenvalue weighted by Gasteiger charge is 2.23. The van der Waals surface area contributed by atoms with E-state index in [2.05, 4.69) is 23.0 Å². The van der Waals surface area contributed by atoms with Crippen molar-refractivity contribution < 1.29 is 9.13 Å². The summed E-state index contributed by atoms with van der Waals surface area (Å²) in [4.78, 5) is 11.5. The number of hydrogen-bond acceptors (Lipinski definition) is 5. The number of ether oxygens (including phenoxy) is 1. The van der Waals surface area contributed by atoms with Crippen LogP contribution in [-0.2, 0) is 6.54 Å². The zero-order chi connectivity index (χ0) is 19.3. The Morgan fingerprint density at radius 2 is 1.96 bits per heavy atom. The molecule has 0 radical (unpaired) electrons. The smallest absolute Gasteiger partial charge is 0.167 e. The van der Waals surface area contributed by atoms with Crippen LogP contribution in [0, 0.1) is 5.82 Å². The van der Waals surface area contributed by atoms with E-state index in [4.69, 9.17) is 14.7 Å². The molecule has 1 aromatic carbocycles. The summed E-state index contributed by atoms with van der Waals surface area (Å²) in [5.41, 5.74) is 3.39. The minimum atomic E-state index is -0.297. The zero-order valence-corrected chi connectivity index (χ0v) is 16.0. The molecule has 0 unspecified atom stereocenters. The number of hydrogen-bond donors (Lipinski definition) is 1. The van der Waals surface area contributed by atoms with Crippen molar-refractivity contribution in [1.82, 2.24) is 19.9 Å². The highest BCUT2D eigenvalue weighted by atomic mass is 19.1. The third-order valence-corrected chi connectivity index (χ3v) is 5.49. The Kier molecular flexibility index (Phi) is 4.05. The highest BCUT2D eigenvalue weighted by Crippen LogP contribution is 2.38. The number of aryl methyl sites for hydroxylation is 1. The van der Waals surface area contributed by atoms with E-state index in [0.29, 0.717) is 5.82 Å². The van der Waals surface area contributed by atoms with Crippen LogP contribution in [0.1, 0.15) is 6.92 Å². The van der Waals surface area contributed by atoms with Crippen molar-refractivity contribution in [2.45, 2.75) is 13.5 Å². The summed E-state index contributed by atoms with van der Waals surface area (Å²) in [6, 6.07) is 7.44. The number of aromatic nitrogens is 3. The van der Waals surface area contributed by atoms with Gasteiger partial charge in [-0.25, -0.2) is 14.4 Å². The fraction of sp³-hybridized carbons (Fsp3) is 0.333. The highest BCUT2D eigenvalue weighted by molar-refractivity contribution is 6.06. The van der Waals surface area contributed by atoms with Gasteiger partial charge in [-0.3, -0.25) is 0 Å². The standard InChI is InChI=1S/C21H22FN5O/c1-3-26-12-16-14-5-4-13(28-2)10-18(14)24-19(16)15-11-17(22)21(25-20(15)26)27-8-6-23-7-9-27/h4-5,10-12,23H,3,6-9H2,1-2H3. The number of anilines is 1. The Morgan fingerprint density at radius 1 is 1.14 bits per heavy atom. The molecule has 0 aliphatic carbocycles. The second kappa shape index (κ2) is 6.60. The molecule has 1 N–H and O–H groups in total. The van der Waals surface area contributed by atoms with Crippen LogP contribution < -0.4 is 15.0 Å². The second-order valence-electron chi connectivity index (χ2n) is 7.07. The fourth-order valence-electron chi connectivity index (χ4n) is 4.02. The molecule has 0 spiro atoms. The zero-order valence-electron chi connectivity index (χ0n) is 16.0. The van der Waals surface area contributed by atoms with Gasteiger partial charge in [-0.05, 0) is 25.1 Å². The molecule has 7 heteroatoms. The van der Waals surface area contributed by atoms with Crippen molar-refractivity contribution in [3.8, 4) is 17.0 Å². The average Bonchev–Trinajstić information content (AvgIpc) is 3.11. The van der Waals surface area contributed by atoms with Crippen LogP contribution in [0.3, 0.4) is 0 Å². The van der Waals surface area contributed by atoms with E-state index in [1.807, 2.05) is 23.1 Å². The van der Waals surface area contributed by atoms with Gasteiger partial charge in [-0.1, -0.05) is 0 Å². The van der Waals surface area contributed by atoms with Crippen LogP contribution >= 0.6 is 0 Å². The van der Waals surface area contributed by atoms with Crippen molar-refractivity contribution >= 4 is 27.8 Å². The Hall–Kier alpha value is -2.93. The lowest BCUT2D eigenvalue weighted by Gasteiger charge is -2.29. The number of benzene rings is 1. The molecule has 2 aromatic rings. The molecule has 0 atom stereocenters. The topological polar surface area (TPSA) is 55.2 Å². The quantitative estimate of drug-likeness (QED) is 0.592. The maximum Gasteiger partial charge on any atom is 0.167 e. The molecule has 6 nitrogen and oxygen atoms in total.